The molecule has 28 heavy (non-hydrogen) atoms. The third-order valence-electron chi connectivity index (χ3n) is 5.81. The van der Waals surface area contributed by atoms with Crippen LogP contribution in [0.15, 0.2) is 23.4 Å². The van der Waals surface area contributed by atoms with Gasteiger partial charge in [0.25, 0.3) is 5.91 Å². The average Bonchev–Trinajstić information content (AvgIpc) is 3.24. The lowest BCUT2D eigenvalue weighted by atomic mass is 9.95. The van der Waals surface area contributed by atoms with Gasteiger partial charge in [0.2, 0.25) is 5.91 Å². The molecular formula is C22H33N3O2S. The zero-order valence-electron chi connectivity index (χ0n) is 17.0. The van der Waals surface area contributed by atoms with E-state index in [0.717, 1.165) is 49.2 Å². The van der Waals surface area contributed by atoms with Gasteiger partial charge < -0.3 is 10.2 Å². The second kappa shape index (κ2) is 10.8. The second-order valence-corrected chi connectivity index (χ2v) is 9.23. The fourth-order valence-electron chi connectivity index (χ4n) is 4.06. The summed E-state index contributed by atoms with van der Waals surface area (Å²) in [5.74, 6) is 0.254. The van der Waals surface area contributed by atoms with Crippen molar-refractivity contribution in [3.8, 4) is 0 Å². The minimum atomic E-state index is 0.0342. The fraction of sp³-hybridized carbons (Fsp3) is 0.682. The number of nitrogens with zero attached hydrogens (tertiary/aromatic N) is 2. The summed E-state index contributed by atoms with van der Waals surface area (Å²) in [5, 5.41) is 4.51. The van der Waals surface area contributed by atoms with Crippen molar-refractivity contribution in [3.05, 3.63) is 23.9 Å². The van der Waals surface area contributed by atoms with Crippen LogP contribution in [0.4, 0.5) is 0 Å². The highest BCUT2D eigenvalue weighted by molar-refractivity contribution is 7.99. The number of carbonyl (C=O) groups excluding carboxylic acids is 2. The van der Waals surface area contributed by atoms with Gasteiger partial charge in [-0.2, -0.15) is 0 Å². The molecule has 1 aliphatic carbocycles. The van der Waals surface area contributed by atoms with E-state index in [-0.39, 0.29) is 17.7 Å². The number of carbonyl (C=O) groups is 2. The SMILES string of the molecule is CCCCCNC(=O)C1CCN(C(=O)c2cccnc2SC2CCCC2)CC1. The molecule has 1 saturated heterocycles. The summed E-state index contributed by atoms with van der Waals surface area (Å²) >= 11 is 1.77. The monoisotopic (exact) mass is 403 g/mol. The predicted molar refractivity (Wildman–Crippen MR) is 114 cm³/mol. The quantitative estimate of drug-likeness (QED) is 0.658. The number of likely N-dealkylation sites (tertiary alicyclic amines) is 1. The van der Waals surface area contributed by atoms with Crippen molar-refractivity contribution >= 4 is 23.6 Å². The number of hydrogen-bond acceptors (Lipinski definition) is 4. The van der Waals surface area contributed by atoms with E-state index in [4.69, 9.17) is 0 Å². The maximum Gasteiger partial charge on any atom is 0.256 e. The number of aromatic nitrogens is 1. The Morgan fingerprint density at radius 3 is 2.64 bits per heavy atom. The van der Waals surface area contributed by atoms with E-state index in [1.165, 1.54) is 25.7 Å². The Morgan fingerprint density at radius 1 is 1.18 bits per heavy atom. The lowest BCUT2D eigenvalue weighted by Gasteiger charge is -2.31. The van der Waals surface area contributed by atoms with Crippen molar-refractivity contribution in [2.45, 2.75) is 75.0 Å². The van der Waals surface area contributed by atoms with E-state index in [1.807, 2.05) is 17.0 Å². The van der Waals surface area contributed by atoms with E-state index >= 15 is 0 Å². The van der Waals surface area contributed by atoms with Crippen LogP contribution in [-0.2, 0) is 4.79 Å². The number of rotatable bonds is 8. The Morgan fingerprint density at radius 2 is 1.93 bits per heavy atom. The first-order chi connectivity index (χ1) is 13.7. The minimum Gasteiger partial charge on any atom is -0.356 e. The Hall–Kier alpha value is -1.56. The van der Waals surface area contributed by atoms with Crippen LogP contribution >= 0.6 is 11.8 Å². The molecule has 2 aliphatic rings. The smallest absolute Gasteiger partial charge is 0.256 e. The third kappa shape index (κ3) is 5.72. The van der Waals surface area contributed by atoms with Gasteiger partial charge in [-0.15, -0.1) is 11.8 Å². The van der Waals surface area contributed by atoms with Crippen LogP contribution in [0.25, 0.3) is 0 Å². The highest BCUT2D eigenvalue weighted by Gasteiger charge is 2.29. The van der Waals surface area contributed by atoms with Crippen LogP contribution < -0.4 is 5.32 Å². The molecule has 1 aromatic rings. The van der Waals surface area contributed by atoms with Crippen LogP contribution in [0.1, 0.15) is 75.1 Å². The Bertz CT molecular complexity index is 653. The molecule has 5 nitrogen and oxygen atoms in total. The van der Waals surface area contributed by atoms with Crippen molar-refractivity contribution in [1.29, 1.82) is 0 Å². The lowest BCUT2D eigenvalue weighted by molar-refractivity contribution is -0.126. The number of hydrogen-bond donors (Lipinski definition) is 1. The molecule has 6 heteroatoms. The number of amides is 2. The minimum absolute atomic E-state index is 0.0342. The lowest BCUT2D eigenvalue weighted by Crippen LogP contribution is -2.43. The maximum absolute atomic E-state index is 13.1. The number of pyridine rings is 1. The standard InChI is InChI=1S/C22H33N3O2S/c1-2-3-6-13-23-20(26)17-11-15-25(16-12-17)22(27)19-10-7-14-24-21(19)28-18-8-4-5-9-18/h7,10,14,17-18H,2-6,8-9,11-13,15-16H2,1H3,(H,23,26). The fourth-order valence-corrected chi connectivity index (χ4v) is 5.35. The number of unbranched alkanes of at least 4 members (excludes halogenated alkanes) is 2. The van der Waals surface area contributed by atoms with Gasteiger partial charge in [-0.1, -0.05) is 32.6 Å². The van der Waals surface area contributed by atoms with Gasteiger partial charge in [0.05, 0.1) is 5.56 Å². The number of nitrogens with one attached hydrogen (secondary N) is 1. The van der Waals surface area contributed by atoms with E-state index in [9.17, 15) is 9.59 Å². The molecular weight excluding hydrogens is 370 g/mol. The largest absolute Gasteiger partial charge is 0.356 e. The van der Waals surface area contributed by atoms with Crippen molar-refractivity contribution < 1.29 is 9.59 Å². The molecule has 0 atom stereocenters. The third-order valence-corrected chi connectivity index (χ3v) is 7.17. The molecule has 1 aliphatic heterocycles. The van der Waals surface area contributed by atoms with Crippen LogP contribution in [0.5, 0.6) is 0 Å². The van der Waals surface area contributed by atoms with E-state index in [2.05, 4.69) is 17.2 Å². The second-order valence-electron chi connectivity index (χ2n) is 7.95. The molecule has 1 N–H and O–H groups in total. The summed E-state index contributed by atoms with van der Waals surface area (Å²) in [6.45, 7) is 4.22. The van der Waals surface area contributed by atoms with Crippen LogP contribution in [0.3, 0.4) is 0 Å². The molecule has 0 radical (unpaired) electrons. The molecule has 1 aromatic heterocycles. The summed E-state index contributed by atoms with van der Waals surface area (Å²) in [6.07, 6.45) is 11.6. The van der Waals surface area contributed by atoms with Gasteiger partial charge in [-0.3, -0.25) is 9.59 Å². The molecule has 2 fully saturated rings. The van der Waals surface area contributed by atoms with Gasteiger partial charge in [0.1, 0.15) is 5.03 Å². The van der Waals surface area contributed by atoms with Crippen molar-refractivity contribution in [3.63, 3.8) is 0 Å². The Labute approximate surface area is 173 Å². The van der Waals surface area contributed by atoms with Crippen LogP contribution in [-0.4, -0.2) is 46.6 Å². The summed E-state index contributed by atoms with van der Waals surface area (Å²) in [7, 11) is 0. The van der Waals surface area contributed by atoms with E-state index in [1.54, 1.807) is 18.0 Å². The molecule has 0 aromatic carbocycles. The first-order valence-electron chi connectivity index (χ1n) is 10.9. The van der Waals surface area contributed by atoms with Gasteiger partial charge in [-0.25, -0.2) is 4.98 Å². The van der Waals surface area contributed by atoms with Crippen molar-refractivity contribution in [1.82, 2.24) is 15.2 Å². The summed E-state index contributed by atoms with van der Waals surface area (Å²) in [6, 6.07) is 3.75. The normalized spacial score (nSPS) is 18.4. The van der Waals surface area contributed by atoms with Gasteiger partial charge in [0.15, 0.2) is 0 Å². The Balaban J connectivity index is 1.52. The average molecular weight is 404 g/mol. The first-order valence-corrected chi connectivity index (χ1v) is 11.8. The number of thioether (sulfide) groups is 1. The molecule has 2 amide bonds. The number of piperidine rings is 1. The van der Waals surface area contributed by atoms with Gasteiger partial charge >= 0.3 is 0 Å². The highest BCUT2D eigenvalue weighted by atomic mass is 32.2. The van der Waals surface area contributed by atoms with Crippen LogP contribution in [0.2, 0.25) is 0 Å². The van der Waals surface area contributed by atoms with E-state index in [0.29, 0.717) is 18.3 Å². The molecule has 0 unspecified atom stereocenters. The molecule has 2 heterocycles. The topological polar surface area (TPSA) is 62.3 Å². The summed E-state index contributed by atoms with van der Waals surface area (Å²) in [4.78, 5) is 31.8. The molecule has 1 saturated carbocycles. The zero-order valence-corrected chi connectivity index (χ0v) is 17.8. The van der Waals surface area contributed by atoms with Crippen molar-refractivity contribution in [2.75, 3.05) is 19.6 Å². The molecule has 0 bridgehead atoms. The van der Waals surface area contributed by atoms with E-state index < -0.39 is 0 Å². The summed E-state index contributed by atoms with van der Waals surface area (Å²) < 4.78 is 0. The Kier molecular flexibility index (Phi) is 8.19. The highest BCUT2D eigenvalue weighted by Crippen LogP contribution is 2.35. The molecule has 3 rings (SSSR count). The van der Waals surface area contributed by atoms with Gasteiger partial charge in [-0.05, 0) is 44.2 Å². The first kappa shape index (κ1) is 21.2. The van der Waals surface area contributed by atoms with Gasteiger partial charge in [0, 0.05) is 37.0 Å². The van der Waals surface area contributed by atoms with Crippen molar-refractivity contribution in [2.24, 2.45) is 5.92 Å². The van der Waals surface area contributed by atoms with Crippen LogP contribution in [0, 0.1) is 5.92 Å². The molecule has 0 spiro atoms. The molecule has 154 valence electrons. The predicted octanol–water partition coefficient (Wildman–Crippen LogP) is 4.27. The maximum atomic E-state index is 13.1. The zero-order chi connectivity index (χ0) is 19.8. The summed E-state index contributed by atoms with van der Waals surface area (Å²) in [5.41, 5.74) is 0.724.